The zero-order chi connectivity index (χ0) is 12.0. The predicted molar refractivity (Wildman–Crippen MR) is 67.5 cm³/mol. The van der Waals surface area contributed by atoms with Crippen LogP contribution in [0, 0.1) is 0 Å². The van der Waals surface area contributed by atoms with Crippen molar-refractivity contribution in [2.45, 2.75) is 31.3 Å². The van der Waals surface area contributed by atoms with Crippen molar-refractivity contribution in [3.63, 3.8) is 0 Å². The van der Waals surface area contributed by atoms with E-state index >= 15 is 0 Å². The Labute approximate surface area is 100 Å². The molecule has 0 aliphatic rings. The number of nitrogens with two attached hydrogens (primary N) is 1. The van der Waals surface area contributed by atoms with Crippen LogP contribution in [0.3, 0.4) is 0 Å². The Morgan fingerprint density at radius 3 is 2.75 bits per heavy atom. The molecule has 0 aliphatic heterocycles. The third kappa shape index (κ3) is 3.73. The van der Waals surface area contributed by atoms with Gasteiger partial charge in [-0.05, 0) is 24.3 Å². The number of pyridine rings is 1. The van der Waals surface area contributed by atoms with E-state index in [1.807, 2.05) is 19.1 Å². The van der Waals surface area contributed by atoms with Gasteiger partial charge in [-0.1, -0.05) is 13.8 Å². The first-order valence-electron chi connectivity index (χ1n) is 5.32. The summed E-state index contributed by atoms with van der Waals surface area (Å²) in [6, 6.07) is 3.52. The van der Waals surface area contributed by atoms with Crippen molar-refractivity contribution in [1.82, 2.24) is 4.98 Å². The minimum absolute atomic E-state index is 0.327. The third-order valence-electron chi connectivity index (χ3n) is 2.12. The van der Waals surface area contributed by atoms with Crippen LogP contribution in [0.25, 0.3) is 0 Å². The molecule has 0 aliphatic carbocycles. The van der Waals surface area contributed by atoms with E-state index in [1.165, 1.54) is 0 Å². The second-order valence-corrected chi connectivity index (χ2v) is 4.61. The molecule has 0 fully saturated rings. The van der Waals surface area contributed by atoms with Crippen LogP contribution < -0.4 is 11.1 Å². The van der Waals surface area contributed by atoms with Gasteiger partial charge in [-0.15, -0.1) is 11.8 Å². The minimum atomic E-state index is -0.338. The van der Waals surface area contributed by atoms with Crippen molar-refractivity contribution in [2.75, 3.05) is 11.1 Å². The molecule has 1 aromatic heterocycles. The first kappa shape index (κ1) is 12.8. The number of thioether (sulfide) groups is 1. The number of nitrogens with zero attached hydrogens (tertiary/aromatic N) is 1. The molecule has 88 valence electrons. The van der Waals surface area contributed by atoms with E-state index in [-0.39, 0.29) is 11.9 Å². The average Bonchev–Trinajstić information content (AvgIpc) is 2.28. The van der Waals surface area contributed by atoms with Gasteiger partial charge in [0, 0.05) is 0 Å². The SMILES string of the molecule is CCSc1ccc(N[C@H](CC)C(N)=O)cn1. The highest BCUT2D eigenvalue weighted by Gasteiger charge is 2.11. The Hall–Kier alpha value is -1.23. The molecule has 0 aromatic carbocycles. The number of carbonyl (C=O) groups excluding carboxylic acids is 1. The summed E-state index contributed by atoms with van der Waals surface area (Å²) in [5, 5.41) is 4.04. The van der Waals surface area contributed by atoms with Crippen LogP contribution in [0.2, 0.25) is 0 Å². The summed E-state index contributed by atoms with van der Waals surface area (Å²) in [5.74, 6) is 0.660. The van der Waals surface area contributed by atoms with E-state index in [9.17, 15) is 4.79 Å². The maximum Gasteiger partial charge on any atom is 0.239 e. The van der Waals surface area contributed by atoms with Crippen molar-refractivity contribution >= 4 is 23.4 Å². The molecule has 1 heterocycles. The number of anilines is 1. The first-order chi connectivity index (χ1) is 7.67. The lowest BCUT2D eigenvalue weighted by Gasteiger charge is -2.14. The molecule has 0 radical (unpaired) electrons. The highest BCUT2D eigenvalue weighted by molar-refractivity contribution is 7.99. The molecule has 5 heteroatoms. The lowest BCUT2D eigenvalue weighted by atomic mass is 10.2. The van der Waals surface area contributed by atoms with Crippen molar-refractivity contribution in [3.8, 4) is 0 Å². The van der Waals surface area contributed by atoms with Gasteiger partial charge in [-0.3, -0.25) is 4.79 Å². The molecule has 1 amide bonds. The number of aromatic nitrogens is 1. The van der Waals surface area contributed by atoms with Gasteiger partial charge in [0.25, 0.3) is 0 Å². The van der Waals surface area contributed by atoms with Crippen LogP contribution in [-0.4, -0.2) is 22.7 Å². The maximum absolute atomic E-state index is 11.0. The summed E-state index contributed by atoms with van der Waals surface area (Å²) in [6.07, 6.45) is 2.39. The summed E-state index contributed by atoms with van der Waals surface area (Å²) in [7, 11) is 0. The summed E-state index contributed by atoms with van der Waals surface area (Å²) in [4.78, 5) is 15.3. The number of nitrogens with one attached hydrogen (secondary N) is 1. The van der Waals surface area contributed by atoms with Crippen LogP contribution in [0.1, 0.15) is 20.3 Å². The molecule has 1 rings (SSSR count). The zero-order valence-electron chi connectivity index (χ0n) is 9.56. The molecule has 16 heavy (non-hydrogen) atoms. The van der Waals surface area contributed by atoms with Crippen LogP contribution >= 0.6 is 11.8 Å². The fourth-order valence-corrected chi connectivity index (χ4v) is 1.86. The largest absolute Gasteiger partial charge is 0.372 e. The fraction of sp³-hybridized carbons (Fsp3) is 0.455. The van der Waals surface area contributed by atoms with Gasteiger partial charge in [-0.25, -0.2) is 4.98 Å². The normalized spacial score (nSPS) is 12.1. The average molecular weight is 239 g/mol. The number of rotatable bonds is 6. The second-order valence-electron chi connectivity index (χ2n) is 3.33. The van der Waals surface area contributed by atoms with Crippen LogP contribution in [0.5, 0.6) is 0 Å². The Kier molecular flexibility index (Phi) is 5.11. The van der Waals surface area contributed by atoms with E-state index in [0.29, 0.717) is 6.42 Å². The Bertz CT molecular complexity index is 340. The Morgan fingerprint density at radius 2 is 2.31 bits per heavy atom. The topological polar surface area (TPSA) is 68.0 Å². The van der Waals surface area contributed by atoms with Crippen molar-refractivity contribution in [3.05, 3.63) is 18.3 Å². The summed E-state index contributed by atoms with van der Waals surface area (Å²) < 4.78 is 0. The summed E-state index contributed by atoms with van der Waals surface area (Å²) in [6.45, 7) is 4.00. The lowest BCUT2D eigenvalue weighted by molar-refractivity contribution is -0.118. The molecule has 1 aromatic rings. The van der Waals surface area contributed by atoms with Gasteiger partial charge in [0.05, 0.1) is 16.9 Å². The smallest absolute Gasteiger partial charge is 0.239 e. The number of primary amides is 1. The quantitative estimate of drug-likeness (QED) is 0.744. The minimum Gasteiger partial charge on any atom is -0.372 e. The fourth-order valence-electron chi connectivity index (χ4n) is 1.27. The van der Waals surface area contributed by atoms with Crippen LogP contribution in [-0.2, 0) is 4.79 Å². The maximum atomic E-state index is 11.0. The van der Waals surface area contributed by atoms with E-state index in [2.05, 4.69) is 17.2 Å². The van der Waals surface area contributed by atoms with Crippen LogP contribution in [0.4, 0.5) is 5.69 Å². The van der Waals surface area contributed by atoms with Gasteiger partial charge in [0.15, 0.2) is 0 Å². The summed E-state index contributed by atoms with van der Waals surface area (Å²) >= 11 is 1.68. The Morgan fingerprint density at radius 1 is 1.56 bits per heavy atom. The molecule has 1 atom stereocenters. The van der Waals surface area contributed by atoms with Gasteiger partial charge >= 0.3 is 0 Å². The van der Waals surface area contributed by atoms with Crippen molar-refractivity contribution in [1.29, 1.82) is 0 Å². The van der Waals surface area contributed by atoms with Gasteiger partial charge in [0.1, 0.15) is 6.04 Å². The van der Waals surface area contributed by atoms with Gasteiger partial charge in [0.2, 0.25) is 5.91 Å². The van der Waals surface area contributed by atoms with Crippen molar-refractivity contribution in [2.24, 2.45) is 5.73 Å². The standard InChI is InChI=1S/C11H17N3OS/c1-3-9(11(12)15)14-8-5-6-10(13-7-8)16-4-2/h5-7,9,14H,3-4H2,1-2H3,(H2,12,15)/t9-/m1/s1. The van der Waals surface area contributed by atoms with E-state index in [1.54, 1.807) is 18.0 Å². The number of hydrogen-bond acceptors (Lipinski definition) is 4. The van der Waals surface area contributed by atoms with Crippen LogP contribution in [0.15, 0.2) is 23.4 Å². The van der Waals surface area contributed by atoms with E-state index in [4.69, 9.17) is 5.73 Å². The number of carbonyl (C=O) groups is 1. The summed E-state index contributed by atoms with van der Waals surface area (Å²) in [5.41, 5.74) is 6.07. The lowest BCUT2D eigenvalue weighted by Crippen LogP contribution is -2.34. The van der Waals surface area contributed by atoms with E-state index in [0.717, 1.165) is 16.5 Å². The molecule has 4 nitrogen and oxygen atoms in total. The molecule has 0 spiro atoms. The molecule has 3 N–H and O–H groups in total. The number of amides is 1. The molecule has 0 saturated carbocycles. The molecular weight excluding hydrogens is 222 g/mol. The number of hydrogen-bond donors (Lipinski definition) is 2. The third-order valence-corrected chi connectivity index (χ3v) is 2.95. The molecule has 0 bridgehead atoms. The zero-order valence-corrected chi connectivity index (χ0v) is 10.4. The molecule has 0 saturated heterocycles. The first-order valence-corrected chi connectivity index (χ1v) is 6.30. The van der Waals surface area contributed by atoms with E-state index < -0.39 is 0 Å². The Balaban J connectivity index is 2.63. The molecular formula is C11H17N3OS. The highest BCUT2D eigenvalue weighted by atomic mass is 32.2. The predicted octanol–water partition coefficient (Wildman–Crippen LogP) is 1.87. The van der Waals surface area contributed by atoms with Gasteiger partial charge in [-0.2, -0.15) is 0 Å². The second kappa shape index (κ2) is 6.37. The van der Waals surface area contributed by atoms with Crippen molar-refractivity contribution < 1.29 is 4.79 Å². The van der Waals surface area contributed by atoms with Gasteiger partial charge < -0.3 is 11.1 Å². The molecule has 0 unspecified atom stereocenters. The monoisotopic (exact) mass is 239 g/mol. The highest BCUT2D eigenvalue weighted by Crippen LogP contribution is 2.17.